The van der Waals surface area contributed by atoms with Crippen LogP contribution in [-0.2, 0) is 0 Å². The maximum atomic E-state index is 2.65. The highest BCUT2D eigenvalue weighted by molar-refractivity contribution is 6.75. The fourth-order valence-electron chi connectivity index (χ4n) is 1.40. The monoisotopic (exact) mass is 173 g/mol. The minimum absolute atomic E-state index is 0.863. The van der Waals surface area contributed by atoms with E-state index in [9.17, 15) is 0 Å². The van der Waals surface area contributed by atoms with Crippen molar-refractivity contribution >= 4 is 8.24 Å². The van der Waals surface area contributed by atoms with Crippen LogP contribution in [0.5, 0.6) is 0 Å². The van der Waals surface area contributed by atoms with Crippen LogP contribution in [0.4, 0.5) is 0 Å². The van der Waals surface area contributed by atoms with Crippen molar-refractivity contribution in [1.82, 2.24) is 4.57 Å². The molecule has 0 spiro atoms. The Balaban J connectivity index is 4.24. The van der Waals surface area contributed by atoms with E-state index in [1.807, 2.05) is 0 Å². The van der Waals surface area contributed by atoms with Gasteiger partial charge in [-0.3, -0.25) is 0 Å². The lowest BCUT2D eigenvalue weighted by atomic mass is 10.6. The molecular weight excluding hydrogens is 150 g/mol. The standard InChI is InChI=1S/C9H23NSi/c1-7-10(8-2)11(5,6)9(3)4/h9H,7-8H2,1-6H3. The smallest absolute Gasteiger partial charge is 0.124 e. The molecule has 0 N–H and O–H groups in total. The molecule has 0 amide bonds. The SMILES string of the molecule is CCN(CC)[Si](C)(C)C(C)C. The number of hydrogen-bond donors (Lipinski definition) is 0. The summed E-state index contributed by atoms with van der Waals surface area (Å²) in [4.78, 5) is 0. The fourth-order valence-corrected chi connectivity index (χ4v) is 3.76. The van der Waals surface area contributed by atoms with Gasteiger partial charge in [0.2, 0.25) is 0 Å². The van der Waals surface area contributed by atoms with Gasteiger partial charge in [-0.25, -0.2) is 0 Å². The Morgan fingerprint density at radius 2 is 1.45 bits per heavy atom. The average Bonchev–Trinajstić information content (AvgIpc) is 1.89. The Hall–Kier alpha value is 0.177. The minimum atomic E-state index is -1.08. The van der Waals surface area contributed by atoms with Gasteiger partial charge in [-0.1, -0.05) is 40.8 Å². The van der Waals surface area contributed by atoms with Gasteiger partial charge in [-0.05, 0) is 18.6 Å². The molecule has 68 valence electrons. The lowest BCUT2D eigenvalue weighted by molar-refractivity contribution is 0.457. The Bertz CT molecular complexity index is 106. The number of nitrogens with zero attached hydrogens (tertiary/aromatic N) is 1. The van der Waals surface area contributed by atoms with E-state index < -0.39 is 8.24 Å². The summed E-state index contributed by atoms with van der Waals surface area (Å²) in [5.74, 6) is 0. The Labute approximate surface area is 72.9 Å². The molecule has 0 aliphatic rings. The molecule has 2 heteroatoms. The third kappa shape index (κ3) is 2.60. The molecule has 0 heterocycles. The highest BCUT2D eigenvalue weighted by Crippen LogP contribution is 2.23. The highest BCUT2D eigenvalue weighted by Gasteiger charge is 2.30. The summed E-state index contributed by atoms with van der Waals surface area (Å²) in [6.07, 6.45) is 0. The second-order valence-electron chi connectivity index (χ2n) is 3.98. The summed E-state index contributed by atoms with van der Waals surface area (Å²) < 4.78 is 2.65. The highest BCUT2D eigenvalue weighted by atomic mass is 28.3. The van der Waals surface area contributed by atoms with Crippen molar-refractivity contribution in [3.63, 3.8) is 0 Å². The maximum absolute atomic E-state index is 2.65. The van der Waals surface area contributed by atoms with Crippen LogP contribution in [-0.4, -0.2) is 25.9 Å². The summed E-state index contributed by atoms with van der Waals surface area (Å²) in [5, 5.41) is 0. The predicted octanol–water partition coefficient (Wildman–Crippen LogP) is 2.94. The quantitative estimate of drug-likeness (QED) is 0.591. The number of rotatable bonds is 4. The van der Waals surface area contributed by atoms with Crippen molar-refractivity contribution in [3.05, 3.63) is 0 Å². The van der Waals surface area contributed by atoms with E-state index in [0.29, 0.717) is 0 Å². The van der Waals surface area contributed by atoms with Crippen molar-refractivity contribution < 1.29 is 0 Å². The Morgan fingerprint density at radius 1 is 1.09 bits per heavy atom. The van der Waals surface area contributed by atoms with Crippen molar-refractivity contribution in [3.8, 4) is 0 Å². The third-order valence-electron chi connectivity index (χ3n) is 2.99. The summed E-state index contributed by atoms with van der Waals surface area (Å²) in [6.45, 7) is 16.6. The van der Waals surface area contributed by atoms with Gasteiger partial charge in [0.05, 0.1) is 0 Å². The van der Waals surface area contributed by atoms with Crippen LogP contribution in [0, 0.1) is 0 Å². The van der Waals surface area contributed by atoms with Gasteiger partial charge < -0.3 is 4.57 Å². The molecule has 0 bridgehead atoms. The molecule has 0 rings (SSSR count). The van der Waals surface area contributed by atoms with Crippen LogP contribution in [0.1, 0.15) is 27.7 Å². The molecule has 0 unspecified atom stereocenters. The topological polar surface area (TPSA) is 3.24 Å². The molecule has 0 radical (unpaired) electrons. The van der Waals surface area contributed by atoms with Gasteiger partial charge in [-0.15, -0.1) is 0 Å². The summed E-state index contributed by atoms with van der Waals surface area (Å²) in [5.41, 5.74) is 0.863. The molecule has 0 aromatic heterocycles. The molecule has 0 fully saturated rings. The van der Waals surface area contributed by atoms with E-state index in [1.54, 1.807) is 0 Å². The first-order valence-electron chi connectivity index (χ1n) is 4.71. The van der Waals surface area contributed by atoms with Crippen molar-refractivity contribution in [2.45, 2.75) is 46.3 Å². The van der Waals surface area contributed by atoms with Gasteiger partial charge in [0, 0.05) is 0 Å². The van der Waals surface area contributed by atoms with E-state index in [4.69, 9.17) is 0 Å². The largest absolute Gasteiger partial charge is 0.324 e. The first-order chi connectivity index (χ1) is 4.96. The molecule has 0 aromatic rings. The zero-order chi connectivity index (χ0) is 9.07. The normalized spacial score (nSPS) is 13.1. The predicted molar refractivity (Wildman–Crippen MR) is 55.5 cm³/mol. The van der Waals surface area contributed by atoms with Crippen molar-refractivity contribution in [2.75, 3.05) is 13.1 Å². The molecule has 0 atom stereocenters. The van der Waals surface area contributed by atoms with Crippen LogP contribution >= 0.6 is 0 Å². The van der Waals surface area contributed by atoms with Crippen LogP contribution in [0.2, 0.25) is 18.6 Å². The minimum Gasteiger partial charge on any atom is -0.324 e. The van der Waals surface area contributed by atoms with E-state index in [2.05, 4.69) is 45.4 Å². The van der Waals surface area contributed by atoms with E-state index in [0.717, 1.165) is 5.54 Å². The van der Waals surface area contributed by atoms with Crippen LogP contribution in [0.3, 0.4) is 0 Å². The van der Waals surface area contributed by atoms with Crippen molar-refractivity contribution in [2.24, 2.45) is 0 Å². The Morgan fingerprint density at radius 3 is 1.55 bits per heavy atom. The van der Waals surface area contributed by atoms with Crippen LogP contribution < -0.4 is 0 Å². The second-order valence-corrected chi connectivity index (χ2v) is 9.08. The second kappa shape index (κ2) is 4.26. The molecular formula is C9H23NSi. The van der Waals surface area contributed by atoms with Gasteiger partial charge in [0.15, 0.2) is 0 Å². The maximum Gasteiger partial charge on any atom is 0.124 e. The summed E-state index contributed by atoms with van der Waals surface area (Å²) >= 11 is 0. The molecule has 0 aromatic carbocycles. The van der Waals surface area contributed by atoms with Crippen molar-refractivity contribution in [1.29, 1.82) is 0 Å². The van der Waals surface area contributed by atoms with Gasteiger partial charge in [0.25, 0.3) is 0 Å². The number of hydrogen-bond acceptors (Lipinski definition) is 1. The fraction of sp³-hybridized carbons (Fsp3) is 1.00. The molecule has 0 aliphatic heterocycles. The average molecular weight is 173 g/mol. The van der Waals surface area contributed by atoms with Gasteiger partial charge in [-0.2, -0.15) is 0 Å². The zero-order valence-corrected chi connectivity index (χ0v) is 9.94. The van der Waals surface area contributed by atoms with Gasteiger partial charge in [0.1, 0.15) is 8.24 Å². The Kier molecular flexibility index (Phi) is 4.33. The third-order valence-corrected chi connectivity index (χ3v) is 8.08. The van der Waals surface area contributed by atoms with E-state index in [-0.39, 0.29) is 0 Å². The molecule has 0 saturated carbocycles. The molecule has 1 nitrogen and oxygen atoms in total. The van der Waals surface area contributed by atoms with Gasteiger partial charge >= 0.3 is 0 Å². The lowest BCUT2D eigenvalue weighted by Crippen LogP contribution is -2.50. The lowest BCUT2D eigenvalue weighted by Gasteiger charge is -2.38. The first-order valence-corrected chi connectivity index (χ1v) is 7.74. The van der Waals surface area contributed by atoms with Crippen LogP contribution in [0.15, 0.2) is 0 Å². The summed E-state index contributed by atoms with van der Waals surface area (Å²) in [7, 11) is -1.08. The van der Waals surface area contributed by atoms with Crippen LogP contribution in [0.25, 0.3) is 0 Å². The summed E-state index contributed by atoms with van der Waals surface area (Å²) in [6, 6.07) is 0. The molecule has 11 heavy (non-hydrogen) atoms. The van der Waals surface area contributed by atoms with E-state index >= 15 is 0 Å². The molecule has 0 aliphatic carbocycles. The first kappa shape index (κ1) is 11.2. The zero-order valence-electron chi connectivity index (χ0n) is 8.94. The molecule has 0 saturated heterocycles. The van der Waals surface area contributed by atoms with E-state index in [1.165, 1.54) is 13.1 Å².